The Labute approximate surface area is 187 Å². The molecular weight excluding hydrogens is 426 g/mol. The molecular formula is C24H25N3O4S. The highest BCUT2D eigenvalue weighted by Crippen LogP contribution is 2.13. The fraction of sp³-hybridized carbons (Fsp3) is 0.208. The van der Waals surface area contributed by atoms with Gasteiger partial charge in [0.05, 0.1) is 11.3 Å². The van der Waals surface area contributed by atoms with Crippen molar-refractivity contribution in [2.75, 3.05) is 13.3 Å². The third-order valence-electron chi connectivity index (χ3n) is 4.90. The van der Waals surface area contributed by atoms with Gasteiger partial charge in [-0.25, -0.2) is 8.42 Å². The van der Waals surface area contributed by atoms with Gasteiger partial charge in [0, 0.05) is 26.0 Å². The fourth-order valence-corrected chi connectivity index (χ4v) is 3.87. The van der Waals surface area contributed by atoms with Crippen LogP contribution in [0.1, 0.15) is 32.7 Å². The molecule has 0 spiro atoms. The second kappa shape index (κ2) is 10.2. The number of sulfone groups is 1. The van der Waals surface area contributed by atoms with Gasteiger partial charge >= 0.3 is 0 Å². The van der Waals surface area contributed by atoms with Gasteiger partial charge in [0.25, 0.3) is 5.91 Å². The molecule has 0 fully saturated rings. The lowest BCUT2D eigenvalue weighted by atomic mass is 10.0. The van der Waals surface area contributed by atoms with E-state index in [4.69, 9.17) is 0 Å². The smallest absolute Gasteiger partial charge is 0.269 e. The van der Waals surface area contributed by atoms with Crippen molar-refractivity contribution in [2.24, 2.45) is 0 Å². The SMILES string of the molecule is CNC(=O)c1cc(Cc2ccc(CNC(=O)Cc3cccc(S(C)(=O)=O)c3)cc2)ccn1. The standard InChI is InChI=1S/C24H25N3O4S/c1-25-24(29)22-14-20(10-11-26-22)12-17-6-8-18(9-7-17)16-27-23(28)15-19-4-3-5-21(13-19)32(2,30)31/h3-11,13-14H,12,15-16H2,1-2H3,(H,25,29)(H,27,28). The third-order valence-corrected chi connectivity index (χ3v) is 6.01. The number of hydrogen-bond donors (Lipinski definition) is 2. The van der Waals surface area contributed by atoms with Crippen LogP contribution in [-0.2, 0) is 34.0 Å². The van der Waals surface area contributed by atoms with Crippen molar-refractivity contribution in [1.29, 1.82) is 0 Å². The zero-order chi connectivity index (χ0) is 23.1. The van der Waals surface area contributed by atoms with E-state index >= 15 is 0 Å². The van der Waals surface area contributed by atoms with Crippen LogP contribution in [0.4, 0.5) is 0 Å². The summed E-state index contributed by atoms with van der Waals surface area (Å²) in [4.78, 5) is 28.3. The number of rotatable bonds is 8. The van der Waals surface area contributed by atoms with Crippen LogP contribution in [0, 0.1) is 0 Å². The van der Waals surface area contributed by atoms with Crippen molar-refractivity contribution >= 4 is 21.7 Å². The number of carbonyl (C=O) groups excluding carboxylic acids is 2. The van der Waals surface area contributed by atoms with E-state index in [1.807, 2.05) is 30.3 Å². The zero-order valence-corrected chi connectivity index (χ0v) is 18.8. The highest BCUT2D eigenvalue weighted by Gasteiger charge is 2.10. The van der Waals surface area contributed by atoms with Crippen molar-refractivity contribution in [2.45, 2.75) is 24.3 Å². The summed E-state index contributed by atoms with van der Waals surface area (Å²) in [5.74, 6) is -0.403. The number of hydrogen-bond acceptors (Lipinski definition) is 5. The number of nitrogens with zero attached hydrogens (tertiary/aromatic N) is 1. The van der Waals surface area contributed by atoms with Gasteiger partial charge in [-0.1, -0.05) is 36.4 Å². The first-order valence-electron chi connectivity index (χ1n) is 10.0. The lowest BCUT2D eigenvalue weighted by Crippen LogP contribution is -2.24. The van der Waals surface area contributed by atoms with Crippen molar-refractivity contribution in [3.8, 4) is 0 Å². The average molecular weight is 452 g/mol. The monoisotopic (exact) mass is 451 g/mol. The molecule has 2 N–H and O–H groups in total. The predicted octanol–water partition coefficient (Wildman–Crippen LogP) is 2.29. The van der Waals surface area contributed by atoms with Gasteiger partial charge in [0.1, 0.15) is 5.69 Å². The third kappa shape index (κ3) is 6.49. The zero-order valence-electron chi connectivity index (χ0n) is 18.0. The molecule has 1 heterocycles. The lowest BCUT2D eigenvalue weighted by molar-refractivity contribution is -0.120. The highest BCUT2D eigenvalue weighted by molar-refractivity contribution is 7.90. The molecule has 0 radical (unpaired) electrons. The fourth-order valence-electron chi connectivity index (χ4n) is 3.18. The van der Waals surface area contributed by atoms with E-state index in [1.165, 1.54) is 12.1 Å². The molecule has 166 valence electrons. The van der Waals surface area contributed by atoms with E-state index in [-0.39, 0.29) is 23.1 Å². The van der Waals surface area contributed by atoms with Crippen LogP contribution in [0.3, 0.4) is 0 Å². The van der Waals surface area contributed by atoms with Crippen molar-refractivity contribution in [3.63, 3.8) is 0 Å². The van der Waals surface area contributed by atoms with Crippen LogP contribution in [0.25, 0.3) is 0 Å². The van der Waals surface area contributed by atoms with E-state index in [1.54, 1.807) is 31.4 Å². The Balaban J connectivity index is 1.55. The summed E-state index contributed by atoms with van der Waals surface area (Å²) in [5.41, 5.74) is 4.04. The summed E-state index contributed by atoms with van der Waals surface area (Å²) in [6, 6.07) is 17.9. The largest absolute Gasteiger partial charge is 0.354 e. The Hall–Kier alpha value is -3.52. The first-order chi connectivity index (χ1) is 15.2. The normalized spacial score (nSPS) is 11.1. The molecule has 0 aliphatic carbocycles. The molecule has 0 saturated carbocycles. The second-order valence-corrected chi connectivity index (χ2v) is 9.51. The van der Waals surface area contributed by atoms with Crippen LogP contribution in [0.5, 0.6) is 0 Å². The van der Waals surface area contributed by atoms with E-state index < -0.39 is 9.84 Å². The molecule has 2 aromatic carbocycles. The summed E-state index contributed by atoms with van der Waals surface area (Å²) in [7, 11) is -1.74. The Kier molecular flexibility index (Phi) is 7.37. The molecule has 0 aliphatic rings. The molecule has 0 atom stereocenters. The van der Waals surface area contributed by atoms with Crippen LogP contribution in [0.15, 0.2) is 71.8 Å². The van der Waals surface area contributed by atoms with Crippen LogP contribution in [-0.4, -0.2) is 38.5 Å². The van der Waals surface area contributed by atoms with Gasteiger partial charge in [-0.2, -0.15) is 0 Å². The van der Waals surface area contributed by atoms with Gasteiger partial charge in [-0.05, 0) is 52.9 Å². The Bertz CT molecular complexity index is 1220. The number of nitrogens with one attached hydrogen (secondary N) is 2. The molecule has 3 rings (SSSR count). The van der Waals surface area contributed by atoms with Crippen LogP contribution in [0.2, 0.25) is 0 Å². The molecule has 8 heteroatoms. The molecule has 2 amide bonds. The maximum atomic E-state index is 12.3. The highest BCUT2D eigenvalue weighted by atomic mass is 32.2. The number of pyridine rings is 1. The Morgan fingerprint density at radius 2 is 1.62 bits per heavy atom. The first-order valence-corrected chi connectivity index (χ1v) is 11.9. The molecule has 0 saturated heterocycles. The number of carbonyl (C=O) groups is 2. The minimum Gasteiger partial charge on any atom is -0.354 e. The molecule has 1 aromatic heterocycles. The molecule has 32 heavy (non-hydrogen) atoms. The topological polar surface area (TPSA) is 105 Å². The number of benzene rings is 2. The van der Waals surface area contributed by atoms with Crippen LogP contribution < -0.4 is 10.6 Å². The van der Waals surface area contributed by atoms with E-state index in [0.717, 1.165) is 22.9 Å². The number of amides is 2. The summed E-state index contributed by atoms with van der Waals surface area (Å²) in [6.07, 6.45) is 3.54. The number of aromatic nitrogens is 1. The Morgan fingerprint density at radius 3 is 2.31 bits per heavy atom. The van der Waals surface area contributed by atoms with Crippen molar-refractivity contribution < 1.29 is 18.0 Å². The first kappa shape index (κ1) is 23.1. The van der Waals surface area contributed by atoms with E-state index in [9.17, 15) is 18.0 Å². The molecule has 3 aromatic rings. The van der Waals surface area contributed by atoms with E-state index in [0.29, 0.717) is 24.2 Å². The molecule has 0 unspecified atom stereocenters. The maximum absolute atomic E-state index is 12.3. The van der Waals surface area contributed by atoms with Gasteiger partial charge < -0.3 is 10.6 Å². The van der Waals surface area contributed by atoms with Gasteiger partial charge in [0.2, 0.25) is 5.91 Å². The van der Waals surface area contributed by atoms with Gasteiger partial charge in [0.15, 0.2) is 9.84 Å². The summed E-state index contributed by atoms with van der Waals surface area (Å²) in [5, 5.41) is 5.42. The summed E-state index contributed by atoms with van der Waals surface area (Å²) >= 11 is 0. The Morgan fingerprint density at radius 1 is 0.906 bits per heavy atom. The van der Waals surface area contributed by atoms with Gasteiger partial charge in [-0.3, -0.25) is 14.6 Å². The second-order valence-electron chi connectivity index (χ2n) is 7.49. The maximum Gasteiger partial charge on any atom is 0.269 e. The average Bonchev–Trinajstić information content (AvgIpc) is 2.78. The molecule has 0 bridgehead atoms. The van der Waals surface area contributed by atoms with E-state index in [2.05, 4.69) is 15.6 Å². The summed E-state index contributed by atoms with van der Waals surface area (Å²) < 4.78 is 23.3. The minimum atomic E-state index is -3.31. The lowest BCUT2D eigenvalue weighted by Gasteiger charge is -2.08. The quantitative estimate of drug-likeness (QED) is 0.547. The molecule has 0 aliphatic heterocycles. The molecule has 7 nitrogen and oxygen atoms in total. The summed E-state index contributed by atoms with van der Waals surface area (Å²) in [6.45, 7) is 0.376. The van der Waals surface area contributed by atoms with Gasteiger partial charge in [-0.15, -0.1) is 0 Å². The van der Waals surface area contributed by atoms with Crippen LogP contribution >= 0.6 is 0 Å². The van der Waals surface area contributed by atoms with Crippen molar-refractivity contribution in [3.05, 3.63) is 94.8 Å². The minimum absolute atomic E-state index is 0.108. The van der Waals surface area contributed by atoms with Crippen molar-refractivity contribution in [1.82, 2.24) is 15.6 Å². The predicted molar refractivity (Wildman–Crippen MR) is 122 cm³/mol.